The molecule has 0 spiro atoms. The lowest BCUT2D eigenvalue weighted by Gasteiger charge is -2.12. The van der Waals surface area contributed by atoms with Crippen molar-refractivity contribution in [2.75, 3.05) is 10.6 Å². The van der Waals surface area contributed by atoms with E-state index in [0.717, 1.165) is 24.5 Å². The molecule has 3 aromatic rings. The number of benzene rings is 1. The summed E-state index contributed by atoms with van der Waals surface area (Å²) in [5, 5.41) is 13.7. The quantitative estimate of drug-likeness (QED) is 0.433. The largest absolute Gasteiger partial charge is 0.367 e. The number of nitrogens with zero attached hydrogens (tertiary/aromatic N) is 3. The number of carbonyl (C=O) groups is 2. The van der Waals surface area contributed by atoms with Gasteiger partial charge in [0.05, 0.1) is 12.6 Å². The smallest absolute Gasteiger partial charge is 0.254 e. The minimum Gasteiger partial charge on any atom is -0.367 e. The van der Waals surface area contributed by atoms with Crippen LogP contribution in [0.1, 0.15) is 36.0 Å². The summed E-state index contributed by atoms with van der Waals surface area (Å²) in [4.78, 5) is 28.2. The van der Waals surface area contributed by atoms with Gasteiger partial charge in [-0.3, -0.25) is 14.9 Å². The van der Waals surface area contributed by atoms with E-state index in [9.17, 15) is 9.59 Å². The molecular weight excluding hydrogens is 380 g/mol. The summed E-state index contributed by atoms with van der Waals surface area (Å²) >= 11 is 0. The molecule has 8 nitrogen and oxygen atoms in total. The van der Waals surface area contributed by atoms with Crippen LogP contribution in [0.5, 0.6) is 0 Å². The predicted octanol–water partition coefficient (Wildman–Crippen LogP) is 2.65. The lowest BCUT2D eigenvalue weighted by molar-refractivity contribution is -0.124. The van der Waals surface area contributed by atoms with Crippen molar-refractivity contribution in [2.24, 2.45) is 0 Å². The summed E-state index contributed by atoms with van der Waals surface area (Å²) in [7, 11) is 0. The number of hydrogen-bond acceptors (Lipinski definition) is 6. The molecule has 152 valence electrons. The Bertz CT molecular complexity index is 1190. The Kier molecular flexibility index (Phi) is 4.46. The molecule has 30 heavy (non-hydrogen) atoms. The first-order valence-corrected chi connectivity index (χ1v) is 10.1. The second kappa shape index (κ2) is 7.29. The van der Waals surface area contributed by atoms with Crippen LogP contribution in [-0.2, 0) is 16.1 Å². The van der Waals surface area contributed by atoms with Gasteiger partial charge in [0, 0.05) is 29.8 Å². The highest BCUT2D eigenvalue weighted by Crippen LogP contribution is 2.28. The molecule has 1 saturated heterocycles. The highest BCUT2D eigenvalue weighted by Gasteiger charge is 2.25. The monoisotopic (exact) mass is 402 g/mol. The van der Waals surface area contributed by atoms with Crippen LogP contribution in [0, 0.1) is 6.92 Å². The van der Waals surface area contributed by atoms with Crippen molar-refractivity contribution in [3.63, 3.8) is 0 Å². The van der Waals surface area contributed by atoms with E-state index in [1.165, 1.54) is 11.1 Å². The van der Waals surface area contributed by atoms with E-state index in [1.54, 1.807) is 16.8 Å². The third-order valence-corrected chi connectivity index (χ3v) is 5.38. The molecule has 3 N–H and O–H groups in total. The summed E-state index contributed by atoms with van der Waals surface area (Å²) < 4.78 is 1.75. The van der Waals surface area contributed by atoms with Gasteiger partial charge >= 0.3 is 0 Å². The first-order chi connectivity index (χ1) is 14.6. The van der Waals surface area contributed by atoms with Crippen LogP contribution in [0.25, 0.3) is 11.7 Å². The predicted molar refractivity (Wildman–Crippen MR) is 114 cm³/mol. The highest BCUT2D eigenvalue weighted by molar-refractivity contribution is 6.15. The van der Waals surface area contributed by atoms with Crippen molar-refractivity contribution < 1.29 is 9.59 Å². The average Bonchev–Trinajstić information content (AvgIpc) is 3.36. The fourth-order valence-electron chi connectivity index (χ4n) is 3.51. The zero-order valence-corrected chi connectivity index (χ0v) is 16.6. The second-order valence-electron chi connectivity index (χ2n) is 7.78. The molecule has 1 aliphatic heterocycles. The van der Waals surface area contributed by atoms with Crippen LogP contribution in [0.4, 0.5) is 11.6 Å². The van der Waals surface area contributed by atoms with Gasteiger partial charge in [0.1, 0.15) is 11.6 Å². The van der Waals surface area contributed by atoms with Gasteiger partial charge in [-0.15, -0.1) is 0 Å². The maximum atomic E-state index is 12.0. The molecule has 2 aromatic heterocycles. The Balaban J connectivity index is 1.51. The van der Waals surface area contributed by atoms with Gasteiger partial charge < -0.3 is 10.6 Å². The molecule has 0 unspecified atom stereocenters. The SMILES string of the molecule is Cc1ccccc1CNc1cc(NC2CC2)n2ncc(/C=C3\CC(=O)NC3=O)c2n1. The average molecular weight is 402 g/mol. The number of rotatable bonds is 6. The number of aryl methyl sites for hydroxylation is 1. The Hall–Kier alpha value is -3.68. The molecule has 1 saturated carbocycles. The number of fused-ring (bicyclic) bond motifs is 1. The van der Waals surface area contributed by atoms with E-state index in [0.29, 0.717) is 29.4 Å². The van der Waals surface area contributed by atoms with Gasteiger partial charge in [-0.2, -0.15) is 9.61 Å². The third-order valence-electron chi connectivity index (χ3n) is 5.38. The molecule has 8 heteroatoms. The van der Waals surface area contributed by atoms with Crippen LogP contribution in [0.2, 0.25) is 0 Å². The van der Waals surface area contributed by atoms with Crippen LogP contribution in [0.3, 0.4) is 0 Å². The molecule has 0 radical (unpaired) electrons. The van der Waals surface area contributed by atoms with Gasteiger partial charge in [0.15, 0.2) is 5.65 Å². The molecule has 0 bridgehead atoms. The molecular formula is C22H22N6O2. The van der Waals surface area contributed by atoms with Gasteiger partial charge in [-0.25, -0.2) is 4.98 Å². The van der Waals surface area contributed by atoms with Crippen molar-refractivity contribution in [3.8, 4) is 0 Å². The summed E-state index contributed by atoms with van der Waals surface area (Å²) in [5.74, 6) is 0.934. The molecule has 0 atom stereocenters. The molecule has 5 rings (SSSR count). The fraction of sp³-hybridized carbons (Fsp3) is 0.273. The lowest BCUT2D eigenvalue weighted by atomic mass is 10.1. The first kappa shape index (κ1) is 18.4. The number of carbonyl (C=O) groups excluding carboxylic acids is 2. The van der Waals surface area contributed by atoms with E-state index in [2.05, 4.69) is 40.1 Å². The van der Waals surface area contributed by atoms with Crippen molar-refractivity contribution in [2.45, 2.75) is 38.8 Å². The fourth-order valence-corrected chi connectivity index (χ4v) is 3.51. The molecule has 2 aliphatic rings. The number of hydrogen-bond donors (Lipinski definition) is 3. The Morgan fingerprint density at radius 1 is 1.27 bits per heavy atom. The van der Waals surface area contributed by atoms with E-state index >= 15 is 0 Å². The number of nitrogens with one attached hydrogen (secondary N) is 3. The van der Waals surface area contributed by atoms with Crippen molar-refractivity contribution in [3.05, 3.63) is 58.8 Å². The Morgan fingerprint density at radius 3 is 2.83 bits per heavy atom. The van der Waals surface area contributed by atoms with E-state index in [-0.39, 0.29) is 18.2 Å². The van der Waals surface area contributed by atoms with E-state index in [1.807, 2.05) is 18.2 Å². The first-order valence-electron chi connectivity index (χ1n) is 10.1. The standard InChI is InChI=1S/C22H22N6O2/c1-13-4-2-3-5-14(13)11-23-18-10-19(25-17-6-7-17)28-21(26-18)16(12-24-28)8-15-9-20(29)27-22(15)30/h2-5,8,10,12,17,25H,6-7,9,11H2,1H3,(H,23,26)(H,27,29,30)/b15-8+. The summed E-state index contributed by atoms with van der Waals surface area (Å²) in [6.07, 6.45) is 5.72. The summed E-state index contributed by atoms with van der Waals surface area (Å²) in [5.41, 5.74) is 4.18. The molecule has 2 amide bonds. The van der Waals surface area contributed by atoms with Gasteiger partial charge in [0.25, 0.3) is 5.91 Å². The number of anilines is 2. The van der Waals surface area contributed by atoms with Crippen LogP contribution in [0.15, 0.2) is 42.1 Å². The topological polar surface area (TPSA) is 100 Å². The maximum Gasteiger partial charge on any atom is 0.254 e. The summed E-state index contributed by atoms with van der Waals surface area (Å²) in [6, 6.07) is 10.6. The number of aromatic nitrogens is 3. The molecule has 1 aromatic carbocycles. The Morgan fingerprint density at radius 2 is 2.10 bits per heavy atom. The highest BCUT2D eigenvalue weighted by atomic mass is 16.2. The number of amides is 2. The van der Waals surface area contributed by atoms with Gasteiger partial charge in [-0.1, -0.05) is 24.3 Å². The second-order valence-corrected chi connectivity index (χ2v) is 7.78. The Labute approximate surface area is 173 Å². The third kappa shape index (κ3) is 3.63. The van der Waals surface area contributed by atoms with Crippen LogP contribution >= 0.6 is 0 Å². The molecule has 3 heterocycles. The van der Waals surface area contributed by atoms with Gasteiger partial charge in [0.2, 0.25) is 5.91 Å². The van der Waals surface area contributed by atoms with E-state index < -0.39 is 0 Å². The molecule has 1 aliphatic carbocycles. The van der Waals surface area contributed by atoms with Crippen molar-refractivity contribution in [1.82, 2.24) is 19.9 Å². The zero-order chi connectivity index (χ0) is 20.7. The van der Waals surface area contributed by atoms with Crippen molar-refractivity contribution in [1.29, 1.82) is 0 Å². The minimum absolute atomic E-state index is 0.0780. The van der Waals surface area contributed by atoms with Gasteiger partial charge in [-0.05, 0) is 37.0 Å². The van der Waals surface area contributed by atoms with Crippen LogP contribution in [-0.4, -0.2) is 32.5 Å². The summed E-state index contributed by atoms with van der Waals surface area (Å²) in [6.45, 7) is 2.74. The minimum atomic E-state index is -0.357. The van der Waals surface area contributed by atoms with E-state index in [4.69, 9.17) is 4.98 Å². The maximum absolute atomic E-state index is 12.0. The number of imide groups is 1. The lowest BCUT2D eigenvalue weighted by Crippen LogP contribution is -2.19. The normalized spacial score (nSPS) is 17.6. The zero-order valence-electron chi connectivity index (χ0n) is 16.6. The van der Waals surface area contributed by atoms with Crippen LogP contribution < -0.4 is 16.0 Å². The molecule has 2 fully saturated rings. The van der Waals surface area contributed by atoms with Crippen molar-refractivity contribution >= 4 is 35.2 Å².